The minimum atomic E-state index is 0.336. The molecule has 0 saturated carbocycles. The molecule has 0 fully saturated rings. The van der Waals surface area contributed by atoms with Crippen LogP contribution in [0.3, 0.4) is 0 Å². The fraction of sp³-hybridized carbons (Fsp3) is 0.368. The van der Waals surface area contributed by atoms with Gasteiger partial charge in [0.1, 0.15) is 0 Å². The van der Waals surface area contributed by atoms with E-state index in [2.05, 4.69) is 67.8 Å². The number of fused-ring (bicyclic) bond motifs is 1. The molecule has 2 atom stereocenters. The molecule has 0 radical (unpaired) electrons. The van der Waals surface area contributed by atoms with Gasteiger partial charge >= 0.3 is 0 Å². The van der Waals surface area contributed by atoms with E-state index >= 15 is 0 Å². The second-order valence-corrected chi connectivity index (χ2v) is 5.71. The van der Waals surface area contributed by atoms with Gasteiger partial charge in [-0.1, -0.05) is 55.5 Å². The van der Waals surface area contributed by atoms with E-state index in [-0.39, 0.29) is 0 Å². The van der Waals surface area contributed by atoms with Gasteiger partial charge in [-0.2, -0.15) is 0 Å². The van der Waals surface area contributed by atoms with Gasteiger partial charge in [0.05, 0.1) is 13.2 Å². The third-order valence-corrected chi connectivity index (χ3v) is 4.49. The van der Waals surface area contributed by atoms with Crippen molar-refractivity contribution in [3.8, 4) is 0 Å². The van der Waals surface area contributed by atoms with Crippen molar-refractivity contribution in [3.63, 3.8) is 0 Å². The number of benzene rings is 2. The van der Waals surface area contributed by atoms with Gasteiger partial charge in [0.25, 0.3) is 0 Å². The predicted molar refractivity (Wildman–Crippen MR) is 86.2 cm³/mol. The summed E-state index contributed by atoms with van der Waals surface area (Å²) >= 11 is 0. The summed E-state index contributed by atoms with van der Waals surface area (Å²) in [5.74, 6) is 0.483. The zero-order valence-corrected chi connectivity index (χ0v) is 12.8. The summed E-state index contributed by atoms with van der Waals surface area (Å²) in [6.07, 6.45) is 1.11. The average molecular weight is 281 g/mol. The second kappa shape index (κ2) is 6.42. The maximum Gasteiger partial charge on any atom is 0.0725 e. The van der Waals surface area contributed by atoms with Gasteiger partial charge in [0.2, 0.25) is 0 Å². The molecule has 3 rings (SSSR count). The molecular formula is C19H23NO. The molecule has 1 aliphatic heterocycles. The Balaban J connectivity index is 1.93. The summed E-state index contributed by atoms with van der Waals surface area (Å²) in [5, 5.41) is 3.52. The number of hydrogen-bond acceptors (Lipinski definition) is 2. The summed E-state index contributed by atoms with van der Waals surface area (Å²) in [5.41, 5.74) is 5.44. The molecule has 0 amide bonds. The number of likely N-dealkylation sites (N-methyl/N-ethyl adjacent to an activating group) is 1. The topological polar surface area (TPSA) is 21.3 Å². The lowest BCUT2D eigenvalue weighted by Gasteiger charge is -2.27. The fourth-order valence-electron chi connectivity index (χ4n) is 3.35. The first-order chi connectivity index (χ1) is 10.3. The van der Waals surface area contributed by atoms with Crippen LogP contribution in [0.2, 0.25) is 0 Å². The van der Waals surface area contributed by atoms with E-state index in [0.29, 0.717) is 12.0 Å². The van der Waals surface area contributed by atoms with Gasteiger partial charge in [-0.15, -0.1) is 0 Å². The van der Waals surface area contributed by atoms with Crippen molar-refractivity contribution in [1.82, 2.24) is 5.32 Å². The first-order valence-corrected chi connectivity index (χ1v) is 7.75. The van der Waals surface area contributed by atoms with Crippen LogP contribution in [0.1, 0.15) is 47.6 Å². The van der Waals surface area contributed by atoms with E-state index in [1.165, 1.54) is 22.3 Å². The highest BCUT2D eigenvalue weighted by Gasteiger charge is 2.23. The normalized spacial score (nSPS) is 16.5. The van der Waals surface area contributed by atoms with Gasteiger partial charge in [-0.05, 0) is 35.7 Å². The molecule has 0 aromatic heterocycles. The number of ether oxygens (including phenoxy) is 1. The van der Waals surface area contributed by atoms with E-state index < -0.39 is 0 Å². The van der Waals surface area contributed by atoms with Crippen LogP contribution in [0.4, 0.5) is 0 Å². The van der Waals surface area contributed by atoms with Gasteiger partial charge < -0.3 is 10.1 Å². The van der Waals surface area contributed by atoms with E-state index in [4.69, 9.17) is 4.74 Å². The fourth-order valence-corrected chi connectivity index (χ4v) is 3.35. The van der Waals surface area contributed by atoms with Crippen LogP contribution in [-0.2, 0) is 18.0 Å². The zero-order chi connectivity index (χ0) is 14.7. The molecule has 1 heterocycles. The van der Waals surface area contributed by atoms with Crippen molar-refractivity contribution >= 4 is 0 Å². The second-order valence-electron chi connectivity index (χ2n) is 5.71. The molecule has 2 aromatic rings. The lowest BCUT2D eigenvalue weighted by atomic mass is 9.84. The van der Waals surface area contributed by atoms with Crippen molar-refractivity contribution in [2.24, 2.45) is 0 Å². The van der Waals surface area contributed by atoms with Crippen LogP contribution in [0, 0.1) is 0 Å². The van der Waals surface area contributed by atoms with Crippen LogP contribution < -0.4 is 5.32 Å². The van der Waals surface area contributed by atoms with Crippen molar-refractivity contribution in [1.29, 1.82) is 0 Å². The number of rotatable bonds is 5. The van der Waals surface area contributed by atoms with E-state index in [0.717, 1.165) is 19.6 Å². The Kier molecular flexibility index (Phi) is 4.37. The first-order valence-electron chi connectivity index (χ1n) is 7.75. The summed E-state index contributed by atoms with van der Waals surface area (Å²) in [4.78, 5) is 0. The highest BCUT2D eigenvalue weighted by Crippen LogP contribution is 2.35. The van der Waals surface area contributed by atoms with Crippen molar-refractivity contribution in [2.45, 2.75) is 38.5 Å². The Morgan fingerprint density at radius 3 is 2.48 bits per heavy atom. The summed E-state index contributed by atoms with van der Waals surface area (Å²) in [6.45, 7) is 3.77. The number of hydrogen-bond donors (Lipinski definition) is 1. The molecule has 21 heavy (non-hydrogen) atoms. The van der Waals surface area contributed by atoms with Crippen LogP contribution in [0.25, 0.3) is 0 Å². The van der Waals surface area contributed by atoms with Crippen LogP contribution >= 0.6 is 0 Å². The maximum absolute atomic E-state index is 5.53. The smallest absolute Gasteiger partial charge is 0.0725 e. The summed E-state index contributed by atoms with van der Waals surface area (Å²) < 4.78 is 5.53. The molecule has 1 N–H and O–H groups in total. The van der Waals surface area contributed by atoms with Crippen LogP contribution in [0.5, 0.6) is 0 Å². The van der Waals surface area contributed by atoms with Gasteiger partial charge in [-0.3, -0.25) is 0 Å². The lowest BCUT2D eigenvalue weighted by Crippen LogP contribution is -2.23. The standard InChI is InChI=1S/C19H23NO/c1-3-18(14-7-5-4-6-8-14)19(20-2)15-9-10-16-12-21-13-17(16)11-15/h4-11,18-20H,3,12-13H2,1-2H3. The highest BCUT2D eigenvalue weighted by atomic mass is 16.5. The molecule has 2 nitrogen and oxygen atoms in total. The number of nitrogens with one attached hydrogen (secondary N) is 1. The predicted octanol–water partition coefficient (Wildman–Crippen LogP) is 4.17. The molecule has 2 aromatic carbocycles. The summed E-state index contributed by atoms with van der Waals surface area (Å²) in [6, 6.07) is 17.9. The molecule has 0 aliphatic carbocycles. The van der Waals surface area contributed by atoms with Crippen molar-refractivity contribution < 1.29 is 4.74 Å². The largest absolute Gasteiger partial charge is 0.372 e. The Labute approximate surface area is 127 Å². The van der Waals surface area contributed by atoms with E-state index in [9.17, 15) is 0 Å². The van der Waals surface area contributed by atoms with Crippen molar-refractivity contribution in [3.05, 3.63) is 70.8 Å². The average Bonchev–Trinajstić information content (AvgIpc) is 3.00. The molecule has 0 saturated heterocycles. The summed E-state index contributed by atoms with van der Waals surface area (Å²) in [7, 11) is 2.06. The molecule has 1 aliphatic rings. The molecule has 0 bridgehead atoms. The van der Waals surface area contributed by atoms with Gasteiger partial charge in [0.15, 0.2) is 0 Å². The molecule has 2 unspecified atom stereocenters. The Hall–Kier alpha value is -1.64. The molecule has 2 heteroatoms. The molecule has 0 spiro atoms. The monoisotopic (exact) mass is 281 g/mol. The zero-order valence-electron chi connectivity index (χ0n) is 12.8. The third-order valence-electron chi connectivity index (χ3n) is 4.49. The third kappa shape index (κ3) is 2.87. The van der Waals surface area contributed by atoms with E-state index in [1.807, 2.05) is 0 Å². The molecule has 110 valence electrons. The van der Waals surface area contributed by atoms with E-state index in [1.54, 1.807) is 0 Å². The Morgan fingerprint density at radius 2 is 1.76 bits per heavy atom. The van der Waals surface area contributed by atoms with Crippen LogP contribution in [0.15, 0.2) is 48.5 Å². The van der Waals surface area contributed by atoms with Crippen molar-refractivity contribution in [2.75, 3.05) is 7.05 Å². The quantitative estimate of drug-likeness (QED) is 0.888. The Bertz CT molecular complexity index is 594. The first kappa shape index (κ1) is 14.3. The van der Waals surface area contributed by atoms with Gasteiger partial charge in [0, 0.05) is 12.0 Å². The minimum absolute atomic E-state index is 0.336. The van der Waals surface area contributed by atoms with Crippen LogP contribution in [-0.4, -0.2) is 7.05 Å². The highest BCUT2D eigenvalue weighted by molar-refractivity contribution is 5.36. The lowest BCUT2D eigenvalue weighted by molar-refractivity contribution is 0.134. The molecular weight excluding hydrogens is 258 g/mol. The van der Waals surface area contributed by atoms with Gasteiger partial charge in [-0.25, -0.2) is 0 Å². The SMILES string of the molecule is CCC(c1ccccc1)C(NC)c1ccc2c(c1)COC2. The minimum Gasteiger partial charge on any atom is -0.372 e. The Morgan fingerprint density at radius 1 is 1.00 bits per heavy atom. The maximum atomic E-state index is 5.53.